The maximum Gasteiger partial charge on any atom is 0.324 e. The molecule has 6 nitrogen and oxygen atoms in total. The molecule has 0 unspecified atom stereocenters. The highest BCUT2D eigenvalue weighted by Gasteiger charge is 2.34. The Labute approximate surface area is 129 Å². The van der Waals surface area contributed by atoms with Crippen LogP contribution in [0.4, 0.5) is 0 Å². The van der Waals surface area contributed by atoms with E-state index >= 15 is 0 Å². The summed E-state index contributed by atoms with van der Waals surface area (Å²) in [6, 6.07) is 6.39. The number of hydrogen-bond acceptors (Lipinski definition) is 5. The van der Waals surface area contributed by atoms with E-state index in [2.05, 4.69) is 14.8 Å². The standard InChI is InChI=1S/C16H21NO5/c1-16(2,3)17-13(18)11-9-7-6-8-10(11)12(14(19)21-4)15(20)22-5/h6-9,12H,1-5H3,(H,17,18). The van der Waals surface area contributed by atoms with Crippen molar-refractivity contribution in [3.63, 3.8) is 0 Å². The Bertz CT molecular complexity index is 558. The van der Waals surface area contributed by atoms with Crippen LogP contribution in [0.5, 0.6) is 0 Å². The summed E-state index contributed by atoms with van der Waals surface area (Å²) in [5.41, 5.74) is 0.0390. The van der Waals surface area contributed by atoms with Crippen molar-refractivity contribution in [3.05, 3.63) is 35.4 Å². The van der Waals surface area contributed by atoms with Gasteiger partial charge in [-0.3, -0.25) is 14.4 Å². The molecule has 0 atom stereocenters. The maximum atomic E-state index is 12.4. The van der Waals surface area contributed by atoms with E-state index < -0.39 is 23.4 Å². The third-order valence-electron chi connectivity index (χ3n) is 2.88. The Morgan fingerprint density at radius 3 is 1.95 bits per heavy atom. The first kappa shape index (κ1) is 17.7. The fraction of sp³-hybridized carbons (Fsp3) is 0.438. The predicted octanol–water partition coefficient (Wildman–Crippen LogP) is 1.64. The SMILES string of the molecule is COC(=O)C(C(=O)OC)c1ccccc1C(=O)NC(C)(C)C. The first-order valence-electron chi connectivity index (χ1n) is 6.78. The highest BCUT2D eigenvalue weighted by Crippen LogP contribution is 2.23. The van der Waals surface area contributed by atoms with E-state index in [4.69, 9.17) is 0 Å². The van der Waals surface area contributed by atoms with Crippen molar-refractivity contribution in [1.29, 1.82) is 0 Å². The van der Waals surface area contributed by atoms with E-state index in [0.717, 1.165) is 0 Å². The molecular formula is C16H21NO5. The van der Waals surface area contributed by atoms with E-state index in [9.17, 15) is 14.4 Å². The summed E-state index contributed by atoms with van der Waals surface area (Å²) < 4.78 is 9.31. The molecule has 0 aliphatic heterocycles. The summed E-state index contributed by atoms with van der Waals surface area (Å²) in [4.78, 5) is 36.2. The van der Waals surface area contributed by atoms with Crippen molar-refractivity contribution >= 4 is 17.8 Å². The smallest absolute Gasteiger partial charge is 0.324 e. The number of esters is 2. The van der Waals surface area contributed by atoms with Gasteiger partial charge in [0.15, 0.2) is 5.92 Å². The molecule has 0 saturated carbocycles. The van der Waals surface area contributed by atoms with Crippen LogP contribution in [0, 0.1) is 0 Å². The first-order chi connectivity index (χ1) is 10.2. The Morgan fingerprint density at radius 2 is 1.50 bits per heavy atom. The minimum absolute atomic E-state index is 0.234. The average Bonchev–Trinajstić information content (AvgIpc) is 2.45. The van der Waals surface area contributed by atoms with Gasteiger partial charge in [-0.05, 0) is 32.4 Å². The molecular weight excluding hydrogens is 286 g/mol. The summed E-state index contributed by atoms with van der Waals surface area (Å²) in [5, 5.41) is 2.80. The van der Waals surface area contributed by atoms with Crippen LogP contribution in [0.25, 0.3) is 0 Å². The first-order valence-corrected chi connectivity index (χ1v) is 6.78. The molecule has 1 amide bonds. The van der Waals surface area contributed by atoms with Crippen molar-refractivity contribution in [2.24, 2.45) is 0 Å². The molecule has 0 radical (unpaired) electrons. The molecule has 0 saturated heterocycles. The number of hydrogen-bond donors (Lipinski definition) is 1. The van der Waals surface area contributed by atoms with E-state index in [1.54, 1.807) is 18.2 Å². The fourth-order valence-corrected chi connectivity index (χ4v) is 1.95. The van der Waals surface area contributed by atoms with E-state index in [0.29, 0.717) is 0 Å². The van der Waals surface area contributed by atoms with Crippen LogP contribution in [0.2, 0.25) is 0 Å². The van der Waals surface area contributed by atoms with Gasteiger partial charge in [-0.1, -0.05) is 18.2 Å². The highest BCUT2D eigenvalue weighted by atomic mass is 16.5. The molecule has 0 aliphatic carbocycles. The van der Waals surface area contributed by atoms with Gasteiger partial charge in [0.2, 0.25) is 0 Å². The lowest BCUT2D eigenvalue weighted by Crippen LogP contribution is -2.41. The van der Waals surface area contributed by atoms with Crippen LogP contribution in [-0.4, -0.2) is 37.6 Å². The summed E-state index contributed by atoms with van der Waals surface area (Å²) in [5.74, 6) is -3.22. The number of ether oxygens (including phenoxy) is 2. The molecule has 1 rings (SSSR count). The molecule has 0 aromatic heterocycles. The molecule has 0 heterocycles. The summed E-state index contributed by atoms with van der Waals surface area (Å²) in [6.45, 7) is 5.52. The van der Waals surface area contributed by atoms with Crippen LogP contribution < -0.4 is 5.32 Å². The van der Waals surface area contributed by atoms with Crippen molar-refractivity contribution in [2.75, 3.05) is 14.2 Å². The molecule has 0 fully saturated rings. The van der Waals surface area contributed by atoms with Crippen LogP contribution >= 0.6 is 0 Å². The minimum atomic E-state index is -1.29. The highest BCUT2D eigenvalue weighted by molar-refractivity contribution is 6.05. The second-order valence-corrected chi connectivity index (χ2v) is 5.77. The Balaban J connectivity index is 3.31. The van der Waals surface area contributed by atoms with Crippen molar-refractivity contribution in [2.45, 2.75) is 32.2 Å². The summed E-state index contributed by atoms with van der Waals surface area (Å²) in [7, 11) is 2.35. The Hall–Kier alpha value is -2.37. The quantitative estimate of drug-likeness (QED) is 0.675. The molecule has 1 N–H and O–H groups in total. The molecule has 120 valence electrons. The zero-order valence-corrected chi connectivity index (χ0v) is 13.4. The number of methoxy groups -OCH3 is 2. The number of nitrogens with one attached hydrogen (secondary N) is 1. The summed E-state index contributed by atoms with van der Waals surface area (Å²) >= 11 is 0. The lowest BCUT2D eigenvalue weighted by molar-refractivity contribution is -0.154. The number of carbonyl (C=O) groups is 3. The average molecular weight is 307 g/mol. The van der Waals surface area contributed by atoms with Crippen LogP contribution in [0.3, 0.4) is 0 Å². The Kier molecular flexibility index (Phi) is 5.68. The van der Waals surface area contributed by atoms with Gasteiger partial charge < -0.3 is 14.8 Å². The van der Waals surface area contributed by atoms with Crippen molar-refractivity contribution in [3.8, 4) is 0 Å². The third kappa shape index (κ3) is 4.31. The van der Waals surface area contributed by atoms with Gasteiger partial charge in [-0.15, -0.1) is 0 Å². The van der Waals surface area contributed by atoms with Crippen molar-refractivity contribution < 1.29 is 23.9 Å². The van der Waals surface area contributed by atoms with Gasteiger partial charge >= 0.3 is 11.9 Å². The topological polar surface area (TPSA) is 81.7 Å². The predicted molar refractivity (Wildman–Crippen MR) is 80.4 cm³/mol. The second kappa shape index (κ2) is 7.06. The third-order valence-corrected chi connectivity index (χ3v) is 2.88. The molecule has 6 heteroatoms. The van der Waals surface area contributed by atoms with Gasteiger partial charge in [0, 0.05) is 11.1 Å². The van der Waals surface area contributed by atoms with E-state index in [1.807, 2.05) is 20.8 Å². The monoisotopic (exact) mass is 307 g/mol. The van der Waals surface area contributed by atoms with Crippen LogP contribution in [0.1, 0.15) is 42.6 Å². The number of rotatable bonds is 4. The minimum Gasteiger partial charge on any atom is -0.468 e. The normalized spacial score (nSPS) is 11.0. The maximum absolute atomic E-state index is 12.4. The zero-order valence-electron chi connectivity index (χ0n) is 13.4. The second-order valence-electron chi connectivity index (χ2n) is 5.77. The number of amides is 1. The van der Waals surface area contributed by atoms with Gasteiger partial charge in [0.05, 0.1) is 14.2 Å². The van der Waals surface area contributed by atoms with Gasteiger partial charge in [-0.25, -0.2) is 0 Å². The molecule has 22 heavy (non-hydrogen) atoms. The van der Waals surface area contributed by atoms with Gasteiger partial charge in [-0.2, -0.15) is 0 Å². The molecule has 1 aromatic rings. The molecule has 1 aromatic carbocycles. The molecule has 0 bridgehead atoms. The van der Waals surface area contributed by atoms with Gasteiger partial charge in [0.1, 0.15) is 0 Å². The zero-order chi connectivity index (χ0) is 16.9. The van der Waals surface area contributed by atoms with Gasteiger partial charge in [0.25, 0.3) is 5.91 Å². The van der Waals surface area contributed by atoms with Crippen LogP contribution in [0.15, 0.2) is 24.3 Å². The largest absolute Gasteiger partial charge is 0.468 e. The summed E-state index contributed by atoms with van der Waals surface area (Å²) in [6.07, 6.45) is 0. The van der Waals surface area contributed by atoms with E-state index in [-0.39, 0.29) is 17.0 Å². The fourth-order valence-electron chi connectivity index (χ4n) is 1.95. The van der Waals surface area contributed by atoms with Crippen molar-refractivity contribution in [1.82, 2.24) is 5.32 Å². The van der Waals surface area contributed by atoms with E-state index in [1.165, 1.54) is 20.3 Å². The van der Waals surface area contributed by atoms with Crippen LogP contribution in [-0.2, 0) is 19.1 Å². The number of carbonyl (C=O) groups excluding carboxylic acids is 3. The molecule has 0 spiro atoms. The lowest BCUT2D eigenvalue weighted by Gasteiger charge is -2.22. The number of benzene rings is 1. The molecule has 0 aliphatic rings. The lowest BCUT2D eigenvalue weighted by atomic mass is 9.93. The Morgan fingerprint density at radius 1 is 1.00 bits per heavy atom.